The number of thiophene rings is 1. The van der Waals surface area contributed by atoms with E-state index in [0.29, 0.717) is 0 Å². The van der Waals surface area contributed by atoms with Crippen molar-refractivity contribution in [1.29, 1.82) is 0 Å². The molecule has 1 nitrogen and oxygen atoms in total. The maximum atomic E-state index is 5.84. The largest absolute Gasteiger partial charge is 0.456 e. The highest BCUT2D eigenvalue weighted by molar-refractivity contribution is 7.11. The molecule has 0 aliphatic heterocycles. The fourth-order valence-corrected chi connectivity index (χ4v) is 3.36. The van der Waals surface area contributed by atoms with Crippen molar-refractivity contribution in [1.82, 2.24) is 0 Å². The Balaban J connectivity index is 2.02. The zero-order valence-electron chi connectivity index (χ0n) is 11.5. The average Bonchev–Trinajstić information content (AvgIpc) is 3.01. The number of aryl methyl sites for hydroxylation is 1. The maximum Gasteiger partial charge on any atom is 0.135 e. The van der Waals surface area contributed by atoms with Gasteiger partial charge in [-0.3, -0.25) is 0 Å². The van der Waals surface area contributed by atoms with E-state index >= 15 is 0 Å². The van der Waals surface area contributed by atoms with Crippen LogP contribution in [-0.2, 0) is 6.42 Å². The van der Waals surface area contributed by atoms with Crippen molar-refractivity contribution in [2.24, 2.45) is 0 Å². The Morgan fingerprint density at radius 3 is 2.65 bits per heavy atom. The van der Waals surface area contributed by atoms with E-state index in [1.807, 2.05) is 17.4 Å². The first-order valence-corrected chi connectivity index (χ1v) is 7.38. The highest BCUT2D eigenvalue weighted by Gasteiger charge is 2.10. The summed E-state index contributed by atoms with van der Waals surface area (Å²) in [6.07, 6.45) is 4.51. The zero-order valence-corrected chi connectivity index (χ0v) is 12.3. The molecule has 0 radical (unpaired) electrons. The van der Waals surface area contributed by atoms with Crippen molar-refractivity contribution in [3.8, 4) is 0 Å². The molecule has 0 amide bonds. The molecule has 1 aromatic carbocycles. The minimum atomic E-state index is 0.791. The van der Waals surface area contributed by atoms with E-state index in [1.165, 1.54) is 15.3 Å². The fourth-order valence-electron chi connectivity index (χ4n) is 2.43. The third-order valence-corrected chi connectivity index (χ3v) is 4.39. The van der Waals surface area contributed by atoms with Crippen LogP contribution in [-0.4, -0.2) is 0 Å². The van der Waals surface area contributed by atoms with Gasteiger partial charge >= 0.3 is 0 Å². The summed E-state index contributed by atoms with van der Waals surface area (Å²) >= 11 is 1.84. The van der Waals surface area contributed by atoms with E-state index in [2.05, 4.69) is 50.4 Å². The predicted molar refractivity (Wildman–Crippen MR) is 88.3 cm³/mol. The number of benzene rings is 1. The summed E-state index contributed by atoms with van der Waals surface area (Å²) in [7, 11) is 0. The van der Waals surface area contributed by atoms with Gasteiger partial charge < -0.3 is 4.42 Å². The molecule has 0 aliphatic rings. The predicted octanol–water partition coefficient (Wildman–Crippen LogP) is 5.68. The molecule has 0 N–H and O–H groups in total. The van der Waals surface area contributed by atoms with Crippen molar-refractivity contribution >= 4 is 34.5 Å². The first kappa shape index (κ1) is 12.9. The molecule has 2 heterocycles. The molecule has 0 spiro atoms. The van der Waals surface area contributed by atoms with Crippen molar-refractivity contribution in [2.45, 2.75) is 13.3 Å². The second-order valence-corrected chi connectivity index (χ2v) is 6.18. The SMILES string of the molecule is C=Cc1oc2cc(Cc3ccc(C)s3)ccc2c1C=C. The van der Waals surface area contributed by atoms with E-state index in [0.717, 1.165) is 28.7 Å². The molecule has 0 bridgehead atoms. The van der Waals surface area contributed by atoms with E-state index in [4.69, 9.17) is 4.42 Å². The number of fused-ring (bicyclic) bond motifs is 1. The van der Waals surface area contributed by atoms with Crippen molar-refractivity contribution in [3.63, 3.8) is 0 Å². The van der Waals surface area contributed by atoms with Crippen LogP contribution in [0, 0.1) is 6.92 Å². The van der Waals surface area contributed by atoms with Gasteiger partial charge in [0, 0.05) is 27.1 Å². The molecular weight excluding hydrogens is 264 g/mol. The third-order valence-electron chi connectivity index (χ3n) is 3.39. The standard InChI is InChI=1S/C18H16OS/c1-4-15-16-9-7-13(10-14-8-6-12(3)20-14)11-18(16)19-17(15)5-2/h4-9,11H,1-2,10H2,3H3. The molecule has 0 saturated carbocycles. The molecule has 0 fully saturated rings. The number of rotatable bonds is 4. The summed E-state index contributed by atoms with van der Waals surface area (Å²) in [5.41, 5.74) is 3.19. The second kappa shape index (κ2) is 5.14. The molecular formula is C18H16OS. The lowest BCUT2D eigenvalue weighted by Crippen LogP contribution is -1.83. The zero-order chi connectivity index (χ0) is 14.1. The molecule has 0 saturated heterocycles. The van der Waals surface area contributed by atoms with Gasteiger partial charge in [-0.1, -0.05) is 31.4 Å². The van der Waals surface area contributed by atoms with Crippen LogP contribution in [0.5, 0.6) is 0 Å². The highest BCUT2D eigenvalue weighted by atomic mass is 32.1. The van der Waals surface area contributed by atoms with Crippen molar-refractivity contribution in [3.05, 3.63) is 70.1 Å². The first-order valence-electron chi connectivity index (χ1n) is 6.57. The monoisotopic (exact) mass is 280 g/mol. The van der Waals surface area contributed by atoms with Gasteiger partial charge in [-0.25, -0.2) is 0 Å². The normalized spacial score (nSPS) is 10.8. The summed E-state index contributed by atoms with van der Waals surface area (Å²) < 4.78 is 5.84. The lowest BCUT2D eigenvalue weighted by Gasteiger charge is -1.99. The maximum absolute atomic E-state index is 5.84. The minimum Gasteiger partial charge on any atom is -0.456 e. The summed E-state index contributed by atoms with van der Waals surface area (Å²) in [5.74, 6) is 0.791. The molecule has 3 aromatic rings. The average molecular weight is 280 g/mol. The van der Waals surface area contributed by atoms with E-state index in [9.17, 15) is 0 Å². The van der Waals surface area contributed by atoms with Gasteiger partial charge in [-0.05, 0) is 36.8 Å². The molecule has 0 atom stereocenters. The summed E-state index contributed by atoms with van der Waals surface area (Å²) in [5, 5.41) is 1.10. The molecule has 100 valence electrons. The first-order chi connectivity index (χ1) is 9.71. The van der Waals surface area contributed by atoms with Gasteiger partial charge in [0.1, 0.15) is 11.3 Å². The number of hydrogen-bond donors (Lipinski definition) is 0. The molecule has 2 aromatic heterocycles. The lowest BCUT2D eigenvalue weighted by molar-refractivity contribution is 0.603. The van der Waals surface area contributed by atoms with Crippen molar-refractivity contribution in [2.75, 3.05) is 0 Å². The fraction of sp³-hybridized carbons (Fsp3) is 0.111. The summed E-state index contributed by atoms with van der Waals surface area (Å²) in [6, 6.07) is 10.7. The Labute approximate surface area is 122 Å². The van der Waals surface area contributed by atoms with E-state index in [1.54, 1.807) is 6.08 Å². The van der Waals surface area contributed by atoms with Gasteiger partial charge in [0.2, 0.25) is 0 Å². The van der Waals surface area contributed by atoms with Gasteiger partial charge in [0.25, 0.3) is 0 Å². The van der Waals surface area contributed by atoms with Gasteiger partial charge in [0.05, 0.1) is 0 Å². The van der Waals surface area contributed by atoms with Crippen molar-refractivity contribution < 1.29 is 4.42 Å². The molecule has 0 unspecified atom stereocenters. The van der Waals surface area contributed by atoms with Gasteiger partial charge in [-0.15, -0.1) is 11.3 Å². The Morgan fingerprint density at radius 2 is 2.00 bits per heavy atom. The van der Waals surface area contributed by atoms with Crippen LogP contribution in [0.4, 0.5) is 0 Å². The number of furan rings is 1. The Morgan fingerprint density at radius 1 is 1.15 bits per heavy atom. The quantitative estimate of drug-likeness (QED) is 0.599. The van der Waals surface area contributed by atoms with Gasteiger partial charge in [-0.2, -0.15) is 0 Å². The van der Waals surface area contributed by atoms with Crippen LogP contribution in [0.1, 0.15) is 26.6 Å². The third kappa shape index (κ3) is 2.23. The topological polar surface area (TPSA) is 13.1 Å². The molecule has 3 rings (SSSR count). The molecule has 20 heavy (non-hydrogen) atoms. The van der Waals surface area contributed by atoms with Crippen LogP contribution in [0.3, 0.4) is 0 Å². The van der Waals surface area contributed by atoms with E-state index < -0.39 is 0 Å². The van der Waals surface area contributed by atoms with Crippen LogP contribution in [0.2, 0.25) is 0 Å². The van der Waals surface area contributed by atoms with Crippen LogP contribution in [0.25, 0.3) is 23.1 Å². The molecule has 0 aliphatic carbocycles. The lowest BCUT2D eigenvalue weighted by atomic mass is 10.1. The van der Waals surface area contributed by atoms with Gasteiger partial charge in [0.15, 0.2) is 0 Å². The Hall–Kier alpha value is -2.06. The van der Waals surface area contributed by atoms with Crippen LogP contribution >= 0.6 is 11.3 Å². The smallest absolute Gasteiger partial charge is 0.135 e. The second-order valence-electron chi connectivity index (χ2n) is 4.81. The van der Waals surface area contributed by atoms with Crippen LogP contribution < -0.4 is 0 Å². The highest BCUT2D eigenvalue weighted by Crippen LogP contribution is 2.29. The summed E-state index contributed by atoms with van der Waals surface area (Å²) in [6.45, 7) is 9.77. The summed E-state index contributed by atoms with van der Waals surface area (Å²) in [4.78, 5) is 2.73. The number of hydrogen-bond acceptors (Lipinski definition) is 2. The minimum absolute atomic E-state index is 0.791. The Kier molecular flexibility index (Phi) is 3.33. The van der Waals surface area contributed by atoms with E-state index in [-0.39, 0.29) is 0 Å². The van der Waals surface area contributed by atoms with Crippen LogP contribution in [0.15, 0.2) is 47.9 Å². The molecule has 2 heteroatoms. The Bertz CT molecular complexity index is 789.